The van der Waals surface area contributed by atoms with Crippen molar-refractivity contribution in [2.75, 3.05) is 13.6 Å². The van der Waals surface area contributed by atoms with Gasteiger partial charge in [-0.1, -0.05) is 12.5 Å². The Morgan fingerprint density at radius 2 is 2.32 bits per heavy atom. The van der Waals surface area contributed by atoms with E-state index in [1.807, 2.05) is 28.8 Å². The van der Waals surface area contributed by atoms with Gasteiger partial charge in [0.1, 0.15) is 5.65 Å². The first-order valence-electron chi connectivity index (χ1n) is 7.01. The molecular weight excluding hydrogens is 238 g/mol. The molecule has 0 bridgehead atoms. The number of hydrogen-bond acceptors (Lipinski definition) is 3. The molecule has 0 aliphatic heterocycles. The molecule has 4 nitrogen and oxygen atoms in total. The summed E-state index contributed by atoms with van der Waals surface area (Å²) >= 11 is 0. The van der Waals surface area contributed by atoms with Crippen molar-refractivity contribution < 1.29 is 5.11 Å². The molecule has 1 saturated carbocycles. The summed E-state index contributed by atoms with van der Waals surface area (Å²) in [6, 6.07) is 6.03. The van der Waals surface area contributed by atoms with Crippen LogP contribution in [0.2, 0.25) is 0 Å². The summed E-state index contributed by atoms with van der Waals surface area (Å²) < 4.78 is 2.05. The van der Waals surface area contributed by atoms with E-state index in [0.717, 1.165) is 43.7 Å². The van der Waals surface area contributed by atoms with Gasteiger partial charge >= 0.3 is 0 Å². The van der Waals surface area contributed by atoms with Crippen molar-refractivity contribution in [2.45, 2.75) is 31.9 Å². The Labute approximate surface area is 113 Å². The monoisotopic (exact) mass is 259 g/mol. The molecular formula is C15H21N3O. The van der Waals surface area contributed by atoms with Gasteiger partial charge in [-0.15, -0.1) is 0 Å². The molecule has 2 atom stereocenters. The summed E-state index contributed by atoms with van der Waals surface area (Å²) in [7, 11) is 2.11. The van der Waals surface area contributed by atoms with Crippen LogP contribution in [-0.4, -0.2) is 39.1 Å². The van der Waals surface area contributed by atoms with E-state index in [0.29, 0.717) is 5.92 Å². The van der Waals surface area contributed by atoms with Crippen LogP contribution in [0, 0.1) is 5.92 Å². The Hall–Kier alpha value is -1.39. The van der Waals surface area contributed by atoms with Crippen LogP contribution in [0.4, 0.5) is 0 Å². The first kappa shape index (κ1) is 12.6. The van der Waals surface area contributed by atoms with Gasteiger partial charge in [0.15, 0.2) is 0 Å². The van der Waals surface area contributed by atoms with E-state index in [1.54, 1.807) is 0 Å². The van der Waals surface area contributed by atoms with Crippen molar-refractivity contribution in [1.29, 1.82) is 0 Å². The molecule has 0 amide bonds. The third-order valence-corrected chi connectivity index (χ3v) is 4.01. The second kappa shape index (κ2) is 5.31. The van der Waals surface area contributed by atoms with Crippen molar-refractivity contribution in [1.82, 2.24) is 14.3 Å². The number of pyridine rings is 1. The van der Waals surface area contributed by atoms with Gasteiger partial charge in [-0.2, -0.15) is 0 Å². The molecule has 3 rings (SSSR count). The number of hydrogen-bond donors (Lipinski definition) is 1. The lowest BCUT2D eigenvalue weighted by Gasteiger charge is -2.22. The second-order valence-electron chi connectivity index (χ2n) is 5.65. The molecule has 2 unspecified atom stereocenters. The highest BCUT2D eigenvalue weighted by molar-refractivity contribution is 5.39. The highest BCUT2D eigenvalue weighted by Gasteiger charge is 2.26. The number of fused-ring (bicyclic) bond motifs is 1. The molecule has 1 fully saturated rings. The Balaban J connectivity index is 1.63. The molecule has 2 heterocycles. The van der Waals surface area contributed by atoms with Gasteiger partial charge in [-0.3, -0.25) is 0 Å². The van der Waals surface area contributed by atoms with Gasteiger partial charge < -0.3 is 14.4 Å². The second-order valence-corrected chi connectivity index (χ2v) is 5.65. The zero-order valence-corrected chi connectivity index (χ0v) is 11.4. The maximum atomic E-state index is 9.87. The van der Waals surface area contributed by atoms with Gasteiger partial charge in [0.05, 0.1) is 11.8 Å². The Morgan fingerprint density at radius 1 is 1.42 bits per heavy atom. The van der Waals surface area contributed by atoms with Crippen LogP contribution in [0.5, 0.6) is 0 Å². The lowest BCUT2D eigenvalue weighted by molar-refractivity contribution is 0.107. The molecule has 1 N–H and O–H groups in total. The van der Waals surface area contributed by atoms with E-state index in [2.05, 4.69) is 23.1 Å². The average Bonchev–Trinajstić information content (AvgIpc) is 2.95. The van der Waals surface area contributed by atoms with Crippen LogP contribution >= 0.6 is 0 Å². The molecule has 0 aromatic carbocycles. The first-order valence-corrected chi connectivity index (χ1v) is 7.01. The van der Waals surface area contributed by atoms with Crippen molar-refractivity contribution in [3.8, 4) is 0 Å². The molecule has 4 heteroatoms. The summed E-state index contributed by atoms with van der Waals surface area (Å²) in [4.78, 5) is 6.87. The smallest absolute Gasteiger partial charge is 0.137 e. The number of aromatic nitrogens is 2. The number of rotatable bonds is 4. The van der Waals surface area contributed by atoms with Gasteiger partial charge in [0.2, 0.25) is 0 Å². The third-order valence-electron chi connectivity index (χ3n) is 4.01. The average molecular weight is 259 g/mol. The van der Waals surface area contributed by atoms with Gasteiger partial charge in [-0.05, 0) is 37.9 Å². The molecule has 0 spiro atoms. The summed E-state index contributed by atoms with van der Waals surface area (Å²) in [5.74, 6) is 0.432. The normalized spacial score (nSPS) is 23.5. The van der Waals surface area contributed by atoms with Crippen LogP contribution in [0.1, 0.15) is 25.0 Å². The van der Waals surface area contributed by atoms with E-state index in [9.17, 15) is 5.11 Å². The fourth-order valence-electron chi connectivity index (χ4n) is 3.04. The largest absolute Gasteiger partial charge is 0.393 e. The van der Waals surface area contributed by atoms with Gasteiger partial charge in [0.25, 0.3) is 0 Å². The highest BCUT2D eigenvalue weighted by Crippen LogP contribution is 2.26. The van der Waals surface area contributed by atoms with Crippen LogP contribution < -0.4 is 0 Å². The highest BCUT2D eigenvalue weighted by atomic mass is 16.3. The molecule has 2 aromatic rings. The van der Waals surface area contributed by atoms with Crippen LogP contribution in [-0.2, 0) is 6.54 Å². The molecule has 102 valence electrons. The minimum absolute atomic E-state index is 0.108. The van der Waals surface area contributed by atoms with E-state index in [-0.39, 0.29) is 6.10 Å². The summed E-state index contributed by atoms with van der Waals surface area (Å²) in [6.45, 7) is 1.79. The Morgan fingerprint density at radius 3 is 3.05 bits per heavy atom. The van der Waals surface area contributed by atoms with Crippen molar-refractivity contribution in [3.05, 3.63) is 36.3 Å². The van der Waals surface area contributed by atoms with Crippen molar-refractivity contribution in [2.24, 2.45) is 5.92 Å². The predicted octanol–water partition coefficient (Wildman–Crippen LogP) is 1.93. The van der Waals surface area contributed by atoms with Crippen molar-refractivity contribution in [3.63, 3.8) is 0 Å². The van der Waals surface area contributed by atoms with E-state index in [1.165, 1.54) is 0 Å². The summed E-state index contributed by atoms with van der Waals surface area (Å²) in [5, 5.41) is 9.87. The zero-order valence-electron chi connectivity index (χ0n) is 11.4. The van der Waals surface area contributed by atoms with Crippen LogP contribution in [0.25, 0.3) is 5.65 Å². The van der Waals surface area contributed by atoms with Gasteiger partial charge in [0, 0.05) is 25.5 Å². The molecule has 0 saturated heterocycles. The predicted molar refractivity (Wildman–Crippen MR) is 74.9 cm³/mol. The summed E-state index contributed by atoms with van der Waals surface area (Å²) in [6.07, 6.45) is 7.27. The molecule has 2 aromatic heterocycles. The molecule has 19 heavy (non-hydrogen) atoms. The minimum atomic E-state index is -0.108. The quantitative estimate of drug-likeness (QED) is 0.912. The summed E-state index contributed by atoms with van der Waals surface area (Å²) in [5.41, 5.74) is 2.08. The molecule has 1 aliphatic rings. The van der Waals surface area contributed by atoms with E-state index in [4.69, 9.17) is 0 Å². The Kier molecular flexibility index (Phi) is 3.53. The fraction of sp³-hybridized carbons (Fsp3) is 0.533. The lowest BCUT2D eigenvalue weighted by atomic mass is 10.1. The Bertz CT molecular complexity index is 518. The van der Waals surface area contributed by atoms with Crippen molar-refractivity contribution >= 4 is 5.65 Å². The standard InChI is InChI=1S/C15H21N3O/c1-17(9-12-5-4-6-14(12)19)10-13-11-18-8-3-2-7-15(18)16-13/h2-3,7-8,11-12,14,19H,4-6,9-10H2,1H3. The number of aliphatic hydroxyl groups is 1. The van der Waals surface area contributed by atoms with E-state index < -0.39 is 0 Å². The topological polar surface area (TPSA) is 40.8 Å². The van der Waals surface area contributed by atoms with Crippen LogP contribution in [0.3, 0.4) is 0 Å². The minimum Gasteiger partial charge on any atom is -0.393 e. The zero-order chi connectivity index (χ0) is 13.2. The lowest BCUT2D eigenvalue weighted by Crippen LogP contribution is -2.29. The number of aliphatic hydroxyl groups excluding tert-OH is 1. The SMILES string of the molecule is CN(Cc1cn2ccccc2n1)CC1CCCC1O. The molecule has 1 aliphatic carbocycles. The number of imidazole rings is 1. The molecule has 0 radical (unpaired) electrons. The number of nitrogens with zero attached hydrogens (tertiary/aromatic N) is 3. The first-order chi connectivity index (χ1) is 9.22. The van der Waals surface area contributed by atoms with Crippen LogP contribution in [0.15, 0.2) is 30.6 Å². The fourth-order valence-corrected chi connectivity index (χ4v) is 3.04. The van der Waals surface area contributed by atoms with Gasteiger partial charge in [-0.25, -0.2) is 4.98 Å². The third kappa shape index (κ3) is 2.80. The maximum absolute atomic E-state index is 9.87. The van der Waals surface area contributed by atoms with E-state index >= 15 is 0 Å². The maximum Gasteiger partial charge on any atom is 0.137 e.